The predicted molar refractivity (Wildman–Crippen MR) is 84.8 cm³/mol. The molecule has 0 saturated carbocycles. The average molecular weight is 423 g/mol. The monoisotopic (exact) mass is 422 g/mol. The van der Waals surface area contributed by atoms with Gasteiger partial charge in [0.2, 0.25) is 0 Å². The van der Waals surface area contributed by atoms with Crippen molar-refractivity contribution in [2.75, 3.05) is 20.1 Å². The largest absolute Gasteiger partial charge is 0.339 e. The second-order valence-electron chi connectivity index (χ2n) is 4.52. The van der Waals surface area contributed by atoms with Gasteiger partial charge in [0.05, 0.1) is 5.56 Å². The SMILES string of the molecule is CN(C(=O)c1cc(I)ccc1Br)C1CCNCC1. The Morgan fingerprint density at radius 1 is 1.44 bits per heavy atom. The van der Waals surface area contributed by atoms with Crippen LogP contribution in [-0.4, -0.2) is 37.0 Å². The number of carbonyl (C=O) groups is 1. The summed E-state index contributed by atoms with van der Waals surface area (Å²) in [6.45, 7) is 1.99. The van der Waals surface area contributed by atoms with Crippen molar-refractivity contribution in [1.82, 2.24) is 10.2 Å². The fourth-order valence-corrected chi connectivity index (χ4v) is 3.12. The first-order valence-electron chi connectivity index (χ1n) is 6.02. The summed E-state index contributed by atoms with van der Waals surface area (Å²) in [6, 6.07) is 6.21. The predicted octanol–water partition coefficient (Wildman–Crippen LogP) is 2.88. The molecular formula is C13H16BrIN2O. The van der Waals surface area contributed by atoms with E-state index in [2.05, 4.69) is 43.8 Å². The third-order valence-electron chi connectivity index (χ3n) is 3.34. The van der Waals surface area contributed by atoms with Gasteiger partial charge in [0.1, 0.15) is 0 Å². The molecule has 1 aliphatic rings. The molecule has 0 spiro atoms. The molecule has 1 saturated heterocycles. The summed E-state index contributed by atoms with van der Waals surface area (Å²) in [5.74, 6) is 0.104. The lowest BCUT2D eigenvalue weighted by Crippen LogP contribution is -2.44. The lowest BCUT2D eigenvalue weighted by molar-refractivity contribution is 0.0702. The molecule has 1 N–H and O–H groups in total. The maximum Gasteiger partial charge on any atom is 0.255 e. The standard InChI is InChI=1S/C13H16BrIN2O/c1-17(10-4-6-16-7-5-10)13(18)11-8-9(15)2-3-12(11)14/h2-3,8,10,16H,4-7H2,1H3. The van der Waals surface area contributed by atoms with Gasteiger partial charge in [-0.3, -0.25) is 4.79 Å². The number of nitrogens with zero attached hydrogens (tertiary/aromatic N) is 1. The molecule has 1 aliphatic heterocycles. The van der Waals surface area contributed by atoms with Gasteiger partial charge < -0.3 is 10.2 Å². The van der Waals surface area contributed by atoms with Crippen LogP contribution >= 0.6 is 38.5 Å². The number of piperidine rings is 1. The second kappa shape index (κ2) is 6.34. The van der Waals surface area contributed by atoms with Crippen molar-refractivity contribution in [2.24, 2.45) is 0 Å². The van der Waals surface area contributed by atoms with Crippen LogP contribution in [0.25, 0.3) is 0 Å². The molecule has 1 heterocycles. The van der Waals surface area contributed by atoms with Crippen LogP contribution in [0.4, 0.5) is 0 Å². The minimum absolute atomic E-state index is 0.104. The Bertz CT molecular complexity index is 447. The zero-order valence-corrected chi connectivity index (χ0v) is 14.0. The molecule has 2 rings (SSSR count). The zero-order chi connectivity index (χ0) is 13.1. The Kier molecular flexibility index (Phi) is 5.03. The Morgan fingerprint density at radius 2 is 2.11 bits per heavy atom. The van der Waals surface area contributed by atoms with Gasteiger partial charge in [-0.1, -0.05) is 0 Å². The molecule has 0 radical (unpaired) electrons. The minimum Gasteiger partial charge on any atom is -0.339 e. The first kappa shape index (κ1) is 14.3. The summed E-state index contributed by atoms with van der Waals surface area (Å²) >= 11 is 5.69. The van der Waals surface area contributed by atoms with Gasteiger partial charge in [-0.2, -0.15) is 0 Å². The van der Waals surface area contributed by atoms with Crippen LogP contribution in [0.15, 0.2) is 22.7 Å². The molecule has 0 aromatic heterocycles. The Hall–Kier alpha value is -0.140. The van der Waals surface area contributed by atoms with Crippen molar-refractivity contribution in [1.29, 1.82) is 0 Å². The van der Waals surface area contributed by atoms with Crippen molar-refractivity contribution in [3.05, 3.63) is 31.8 Å². The van der Waals surface area contributed by atoms with E-state index >= 15 is 0 Å². The first-order valence-corrected chi connectivity index (χ1v) is 7.89. The highest BCUT2D eigenvalue weighted by Crippen LogP contribution is 2.22. The van der Waals surface area contributed by atoms with Crippen LogP contribution in [0.3, 0.4) is 0 Å². The number of halogens is 2. The minimum atomic E-state index is 0.104. The van der Waals surface area contributed by atoms with E-state index in [-0.39, 0.29) is 5.91 Å². The number of hydrogen-bond acceptors (Lipinski definition) is 2. The highest BCUT2D eigenvalue weighted by molar-refractivity contribution is 14.1. The Balaban J connectivity index is 2.16. The van der Waals surface area contributed by atoms with E-state index in [1.54, 1.807) is 0 Å². The highest BCUT2D eigenvalue weighted by atomic mass is 127. The number of benzene rings is 1. The third kappa shape index (κ3) is 3.24. The van der Waals surface area contributed by atoms with Gasteiger partial charge in [-0.05, 0) is 82.7 Å². The topological polar surface area (TPSA) is 32.3 Å². The van der Waals surface area contributed by atoms with Crippen LogP contribution in [0, 0.1) is 3.57 Å². The highest BCUT2D eigenvalue weighted by Gasteiger charge is 2.24. The number of rotatable bonds is 2. The van der Waals surface area contributed by atoms with Crippen molar-refractivity contribution >= 4 is 44.4 Å². The molecule has 1 fully saturated rings. The molecule has 18 heavy (non-hydrogen) atoms. The van der Waals surface area contributed by atoms with E-state index in [0.717, 1.165) is 39.5 Å². The molecule has 1 aromatic rings. The van der Waals surface area contributed by atoms with Crippen molar-refractivity contribution in [3.63, 3.8) is 0 Å². The summed E-state index contributed by atoms with van der Waals surface area (Å²) in [6.07, 6.45) is 2.06. The Labute approximate surface area is 130 Å². The van der Waals surface area contributed by atoms with E-state index in [4.69, 9.17) is 0 Å². The second-order valence-corrected chi connectivity index (χ2v) is 6.62. The van der Waals surface area contributed by atoms with E-state index in [0.29, 0.717) is 6.04 Å². The fraction of sp³-hybridized carbons (Fsp3) is 0.462. The smallest absolute Gasteiger partial charge is 0.255 e. The molecule has 0 atom stereocenters. The van der Waals surface area contributed by atoms with Gasteiger partial charge in [-0.15, -0.1) is 0 Å². The van der Waals surface area contributed by atoms with E-state index < -0.39 is 0 Å². The molecule has 1 aromatic carbocycles. The molecule has 0 bridgehead atoms. The van der Waals surface area contributed by atoms with E-state index in [1.807, 2.05) is 30.1 Å². The summed E-state index contributed by atoms with van der Waals surface area (Å²) < 4.78 is 1.95. The quantitative estimate of drug-likeness (QED) is 0.743. The van der Waals surface area contributed by atoms with Crippen molar-refractivity contribution < 1.29 is 4.79 Å². The molecule has 1 amide bonds. The molecule has 5 heteroatoms. The molecule has 0 unspecified atom stereocenters. The van der Waals surface area contributed by atoms with E-state index in [1.165, 1.54) is 0 Å². The molecule has 3 nitrogen and oxygen atoms in total. The average Bonchev–Trinajstić information content (AvgIpc) is 2.41. The number of hydrogen-bond donors (Lipinski definition) is 1. The van der Waals surface area contributed by atoms with Gasteiger partial charge in [-0.25, -0.2) is 0 Å². The normalized spacial score (nSPS) is 16.6. The number of carbonyl (C=O) groups excluding carboxylic acids is 1. The van der Waals surface area contributed by atoms with Crippen LogP contribution in [0.2, 0.25) is 0 Å². The van der Waals surface area contributed by atoms with E-state index in [9.17, 15) is 4.79 Å². The molecule has 98 valence electrons. The summed E-state index contributed by atoms with van der Waals surface area (Å²) in [7, 11) is 1.91. The maximum atomic E-state index is 12.5. The lowest BCUT2D eigenvalue weighted by atomic mass is 10.0. The van der Waals surface area contributed by atoms with Crippen LogP contribution in [0.5, 0.6) is 0 Å². The van der Waals surface area contributed by atoms with Crippen molar-refractivity contribution in [3.8, 4) is 0 Å². The van der Waals surface area contributed by atoms with Crippen molar-refractivity contribution in [2.45, 2.75) is 18.9 Å². The third-order valence-corrected chi connectivity index (χ3v) is 4.70. The summed E-state index contributed by atoms with van der Waals surface area (Å²) in [4.78, 5) is 14.4. The van der Waals surface area contributed by atoms with Crippen LogP contribution in [0.1, 0.15) is 23.2 Å². The van der Waals surface area contributed by atoms with Crippen LogP contribution < -0.4 is 5.32 Å². The Morgan fingerprint density at radius 3 is 2.78 bits per heavy atom. The zero-order valence-electron chi connectivity index (χ0n) is 10.2. The van der Waals surface area contributed by atoms with Gasteiger partial charge >= 0.3 is 0 Å². The number of nitrogens with one attached hydrogen (secondary N) is 1. The maximum absolute atomic E-state index is 12.5. The van der Waals surface area contributed by atoms with Gasteiger partial charge in [0.25, 0.3) is 5.91 Å². The van der Waals surface area contributed by atoms with Gasteiger partial charge in [0.15, 0.2) is 0 Å². The fourth-order valence-electron chi connectivity index (χ4n) is 2.21. The first-order chi connectivity index (χ1) is 8.59. The number of amides is 1. The lowest BCUT2D eigenvalue weighted by Gasteiger charge is -2.32. The molecule has 0 aliphatic carbocycles. The van der Waals surface area contributed by atoms with Gasteiger partial charge in [0, 0.05) is 21.1 Å². The summed E-state index contributed by atoms with van der Waals surface area (Å²) in [5.41, 5.74) is 0.753. The van der Waals surface area contributed by atoms with Crippen LogP contribution in [-0.2, 0) is 0 Å². The summed E-state index contributed by atoms with van der Waals surface area (Å²) in [5, 5.41) is 3.32. The molecular weight excluding hydrogens is 407 g/mol.